The molecular weight excluding hydrogens is 530 g/mol. The van der Waals surface area contributed by atoms with Crippen LogP contribution in [0.1, 0.15) is 75.3 Å². The van der Waals surface area contributed by atoms with Gasteiger partial charge in [0.15, 0.2) is 0 Å². The Labute approximate surface area is 241 Å². The summed E-state index contributed by atoms with van der Waals surface area (Å²) in [7, 11) is 0. The number of ether oxygens (including phenoxy) is 3. The minimum Gasteiger partial charge on any atom is -0.444 e. The predicted octanol–water partition coefficient (Wildman–Crippen LogP) is 4.94. The number of hydrogen-bond donors (Lipinski definition) is 1. The SMILES string of the molecule is C[C@H]1CN(c2ccncc2N(C(=O)OC(C)(C)C)C(=O)OC(C)(C)C)CC(NC(=O)OC(C)(C)C)C1n1ccnn1. The van der Waals surface area contributed by atoms with Crippen LogP contribution in [0.4, 0.5) is 25.8 Å². The Hall–Kier alpha value is -3.90. The van der Waals surface area contributed by atoms with E-state index in [-0.39, 0.29) is 17.6 Å². The fraction of sp³-hybridized carbons (Fsp3) is 0.643. The number of nitrogens with one attached hydrogen (secondary N) is 1. The number of anilines is 2. The summed E-state index contributed by atoms with van der Waals surface area (Å²) in [6.07, 6.45) is 3.99. The Morgan fingerprint density at radius 1 is 0.902 bits per heavy atom. The largest absolute Gasteiger partial charge is 0.444 e. The van der Waals surface area contributed by atoms with Crippen molar-refractivity contribution < 1.29 is 28.6 Å². The van der Waals surface area contributed by atoms with Crippen LogP contribution in [0.15, 0.2) is 30.9 Å². The number of piperidine rings is 1. The van der Waals surface area contributed by atoms with Gasteiger partial charge in [-0.15, -0.1) is 5.10 Å². The Bertz CT molecular complexity index is 1190. The Morgan fingerprint density at radius 3 is 2.00 bits per heavy atom. The van der Waals surface area contributed by atoms with Gasteiger partial charge in [-0.05, 0) is 74.3 Å². The maximum atomic E-state index is 13.4. The zero-order chi connectivity index (χ0) is 30.8. The lowest BCUT2D eigenvalue weighted by Crippen LogP contribution is -2.57. The van der Waals surface area contributed by atoms with Gasteiger partial charge >= 0.3 is 18.3 Å². The van der Waals surface area contributed by atoms with E-state index in [0.717, 1.165) is 4.90 Å². The molecule has 0 aromatic carbocycles. The highest BCUT2D eigenvalue weighted by molar-refractivity contribution is 6.11. The first kappa shape index (κ1) is 31.6. The molecule has 3 rings (SSSR count). The summed E-state index contributed by atoms with van der Waals surface area (Å²) in [5.74, 6) is -0.0529. The number of amides is 3. The average molecular weight is 574 g/mol. The molecule has 3 amide bonds. The number of imide groups is 1. The first-order chi connectivity index (χ1) is 18.8. The Kier molecular flexibility index (Phi) is 9.19. The minimum absolute atomic E-state index is 0.0529. The second-order valence-electron chi connectivity index (χ2n) is 13.2. The highest BCUT2D eigenvalue weighted by Gasteiger charge is 2.41. The molecule has 1 saturated heterocycles. The second-order valence-corrected chi connectivity index (χ2v) is 13.2. The van der Waals surface area contributed by atoms with E-state index in [1.54, 1.807) is 91.7 Å². The van der Waals surface area contributed by atoms with E-state index in [9.17, 15) is 14.4 Å². The molecule has 41 heavy (non-hydrogen) atoms. The molecule has 226 valence electrons. The van der Waals surface area contributed by atoms with Gasteiger partial charge in [0, 0.05) is 25.5 Å². The summed E-state index contributed by atoms with van der Waals surface area (Å²) in [6.45, 7) is 18.5. The topological polar surface area (TPSA) is 141 Å². The molecule has 2 aromatic rings. The van der Waals surface area contributed by atoms with Crippen LogP contribution in [-0.2, 0) is 14.2 Å². The van der Waals surface area contributed by atoms with Gasteiger partial charge in [0.2, 0.25) is 0 Å². The lowest BCUT2D eigenvalue weighted by Gasteiger charge is -2.44. The van der Waals surface area contributed by atoms with E-state index in [4.69, 9.17) is 14.2 Å². The van der Waals surface area contributed by atoms with E-state index in [0.29, 0.717) is 18.8 Å². The van der Waals surface area contributed by atoms with E-state index >= 15 is 0 Å². The van der Waals surface area contributed by atoms with E-state index in [2.05, 4.69) is 20.6 Å². The monoisotopic (exact) mass is 573 g/mol. The maximum absolute atomic E-state index is 13.4. The van der Waals surface area contributed by atoms with Crippen molar-refractivity contribution in [1.29, 1.82) is 0 Å². The molecule has 13 nitrogen and oxygen atoms in total. The number of aromatic nitrogens is 4. The Morgan fingerprint density at radius 2 is 1.49 bits per heavy atom. The van der Waals surface area contributed by atoms with Gasteiger partial charge in [0.25, 0.3) is 0 Å². The van der Waals surface area contributed by atoms with Gasteiger partial charge in [0.05, 0.1) is 30.2 Å². The zero-order valence-electron chi connectivity index (χ0n) is 25.7. The van der Waals surface area contributed by atoms with Crippen LogP contribution in [0, 0.1) is 5.92 Å². The zero-order valence-corrected chi connectivity index (χ0v) is 25.7. The lowest BCUT2D eigenvalue weighted by atomic mass is 9.89. The van der Waals surface area contributed by atoms with Crippen LogP contribution in [0.3, 0.4) is 0 Å². The maximum Gasteiger partial charge on any atom is 0.424 e. The van der Waals surface area contributed by atoms with Gasteiger partial charge in [-0.25, -0.2) is 19.1 Å². The van der Waals surface area contributed by atoms with Crippen LogP contribution in [-0.4, -0.2) is 74.2 Å². The van der Waals surface area contributed by atoms with Gasteiger partial charge in [-0.1, -0.05) is 12.1 Å². The summed E-state index contributed by atoms with van der Waals surface area (Å²) in [4.78, 5) is 46.7. The summed E-state index contributed by atoms with van der Waals surface area (Å²) >= 11 is 0. The summed E-state index contributed by atoms with van der Waals surface area (Å²) in [6, 6.07) is 1.01. The molecule has 0 aliphatic carbocycles. The van der Waals surface area contributed by atoms with Crippen LogP contribution >= 0.6 is 0 Å². The van der Waals surface area contributed by atoms with Crippen molar-refractivity contribution in [1.82, 2.24) is 25.3 Å². The highest BCUT2D eigenvalue weighted by Crippen LogP contribution is 2.36. The van der Waals surface area contributed by atoms with Gasteiger partial charge < -0.3 is 24.4 Å². The fourth-order valence-corrected chi connectivity index (χ4v) is 4.59. The van der Waals surface area contributed by atoms with Crippen molar-refractivity contribution in [3.63, 3.8) is 0 Å². The summed E-state index contributed by atoms with van der Waals surface area (Å²) in [5, 5.41) is 11.1. The average Bonchev–Trinajstić information content (AvgIpc) is 3.29. The number of hydrogen-bond acceptors (Lipinski definition) is 10. The van der Waals surface area contributed by atoms with Gasteiger partial charge in [-0.2, -0.15) is 4.90 Å². The smallest absolute Gasteiger partial charge is 0.424 e. The second kappa shape index (κ2) is 11.9. The number of carbonyl (C=O) groups excluding carboxylic acids is 3. The third-order valence-corrected chi connectivity index (χ3v) is 5.88. The number of pyridine rings is 1. The molecule has 13 heteroatoms. The van der Waals surface area contributed by atoms with Crippen molar-refractivity contribution in [2.45, 2.75) is 98.1 Å². The number of rotatable bonds is 4. The molecular formula is C28H43N7O6. The van der Waals surface area contributed by atoms with Crippen molar-refractivity contribution in [3.05, 3.63) is 30.9 Å². The highest BCUT2D eigenvalue weighted by atomic mass is 16.6. The normalized spacial score (nSPS) is 19.8. The quantitative estimate of drug-likeness (QED) is 0.500. The molecule has 3 heterocycles. The first-order valence-electron chi connectivity index (χ1n) is 13.6. The molecule has 0 bridgehead atoms. The summed E-state index contributed by atoms with van der Waals surface area (Å²) < 4.78 is 18.4. The van der Waals surface area contributed by atoms with Crippen LogP contribution in [0.5, 0.6) is 0 Å². The van der Waals surface area contributed by atoms with Crippen molar-refractivity contribution >= 4 is 29.7 Å². The molecule has 0 radical (unpaired) electrons. The van der Waals surface area contributed by atoms with Crippen molar-refractivity contribution in [3.8, 4) is 0 Å². The standard InChI is InChI=1S/C28H43N7O6/c1-18-16-33(17-19(22(18)34-14-13-30-32-34)31-23(36)39-26(2,3)4)20-11-12-29-15-21(20)35(24(37)40-27(5,6)7)25(38)41-28(8,9)10/h11-15,18-19,22H,16-17H2,1-10H3,(H,31,36)/t18-,19?,22?/m0/s1. The van der Waals surface area contributed by atoms with Gasteiger partial charge in [0.1, 0.15) is 22.5 Å². The van der Waals surface area contributed by atoms with Crippen LogP contribution < -0.4 is 15.1 Å². The molecule has 1 aliphatic heterocycles. The molecule has 1 aliphatic rings. The van der Waals surface area contributed by atoms with Crippen LogP contribution in [0.2, 0.25) is 0 Å². The summed E-state index contributed by atoms with van der Waals surface area (Å²) in [5.41, 5.74) is -1.69. The first-order valence-corrected chi connectivity index (χ1v) is 13.6. The molecule has 1 N–H and O–H groups in total. The third-order valence-electron chi connectivity index (χ3n) is 5.88. The minimum atomic E-state index is -0.894. The van der Waals surface area contributed by atoms with E-state index < -0.39 is 41.1 Å². The van der Waals surface area contributed by atoms with E-state index in [1.807, 2.05) is 11.8 Å². The third kappa shape index (κ3) is 8.79. The molecule has 1 fully saturated rings. The van der Waals surface area contributed by atoms with Gasteiger partial charge in [-0.3, -0.25) is 4.98 Å². The van der Waals surface area contributed by atoms with Crippen LogP contribution in [0.25, 0.3) is 0 Å². The lowest BCUT2D eigenvalue weighted by molar-refractivity contribution is 0.0426. The molecule has 2 aromatic heterocycles. The Balaban J connectivity index is 2.03. The predicted molar refractivity (Wildman–Crippen MR) is 153 cm³/mol. The number of carbonyl (C=O) groups is 3. The fourth-order valence-electron chi connectivity index (χ4n) is 4.59. The van der Waals surface area contributed by atoms with Crippen molar-refractivity contribution in [2.75, 3.05) is 22.9 Å². The van der Waals surface area contributed by atoms with Crippen molar-refractivity contribution in [2.24, 2.45) is 5.92 Å². The van der Waals surface area contributed by atoms with E-state index in [1.165, 1.54) is 6.20 Å². The number of alkyl carbamates (subject to hydrolysis) is 1. The molecule has 3 atom stereocenters. The molecule has 2 unspecified atom stereocenters. The molecule has 0 spiro atoms. The number of nitrogens with zero attached hydrogens (tertiary/aromatic N) is 6. The molecule has 0 saturated carbocycles.